The first kappa shape index (κ1) is 11.9. The zero-order valence-electron chi connectivity index (χ0n) is 10.2. The molecule has 2 aliphatic rings. The average Bonchev–Trinajstić information content (AvgIpc) is 2.57. The molecule has 0 saturated carbocycles. The Hall–Kier alpha value is -0.610. The summed E-state index contributed by atoms with van der Waals surface area (Å²) in [4.78, 5) is 14.5. The summed E-state index contributed by atoms with van der Waals surface area (Å²) in [6.07, 6.45) is 3.23. The van der Waals surface area contributed by atoms with Crippen LogP contribution in [0, 0.1) is 5.41 Å². The van der Waals surface area contributed by atoms with Crippen molar-refractivity contribution in [1.29, 1.82) is 0 Å². The Morgan fingerprint density at radius 3 is 2.69 bits per heavy atom. The fourth-order valence-corrected chi connectivity index (χ4v) is 2.67. The highest BCUT2D eigenvalue weighted by atomic mass is 16.2. The molecule has 0 spiro atoms. The minimum atomic E-state index is -0.164. The first-order chi connectivity index (χ1) is 7.72. The van der Waals surface area contributed by atoms with Crippen LogP contribution in [0.15, 0.2) is 0 Å². The molecule has 2 aliphatic heterocycles. The van der Waals surface area contributed by atoms with E-state index in [2.05, 4.69) is 17.6 Å². The van der Waals surface area contributed by atoms with E-state index < -0.39 is 0 Å². The number of nitrogens with zero attached hydrogens (tertiary/aromatic N) is 1. The molecule has 2 heterocycles. The molecule has 0 radical (unpaired) electrons. The summed E-state index contributed by atoms with van der Waals surface area (Å²) in [6.45, 7) is 7.78. The zero-order chi connectivity index (χ0) is 11.4. The number of piperidine rings is 1. The first-order valence-corrected chi connectivity index (χ1v) is 6.43. The molecule has 1 unspecified atom stereocenters. The summed E-state index contributed by atoms with van der Waals surface area (Å²) in [7, 11) is 0. The second-order valence-corrected chi connectivity index (χ2v) is 5.24. The van der Waals surface area contributed by atoms with E-state index in [4.69, 9.17) is 0 Å². The van der Waals surface area contributed by atoms with Crippen LogP contribution >= 0.6 is 0 Å². The Labute approximate surface area is 97.8 Å². The minimum Gasteiger partial charge on any atom is -0.341 e. The van der Waals surface area contributed by atoms with Gasteiger partial charge in [-0.15, -0.1) is 0 Å². The van der Waals surface area contributed by atoms with E-state index in [1.54, 1.807) is 0 Å². The van der Waals surface area contributed by atoms with Gasteiger partial charge in [-0.1, -0.05) is 0 Å². The highest BCUT2D eigenvalue weighted by Gasteiger charge is 2.37. The standard InChI is InChI=1S/C12H23N3O/c1-12(4-2-5-14-10-12)11(16)15-8-3-6-13-7-9-15/h13-14H,2-10H2,1H3. The van der Waals surface area contributed by atoms with Gasteiger partial charge in [0.25, 0.3) is 0 Å². The molecule has 4 heteroatoms. The SMILES string of the molecule is CC1(C(=O)N2CCCNCC2)CCCNC1. The first-order valence-electron chi connectivity index (χ1n) is 6.43. The van der Waals surface area contributed by atoms with Crippen molar-refractivity contribution < 1.29 is 4.79 Å². The molecule has 0 aromatic rings. The van der Waals surface area contributed by atoms with Crippen LogP contribution in [0.2, 0.25) is 0 Å². The molecular weight excluding hydrogens is 202 g/mol. The maximum Gasteiger partial charge on any atom is 0.229 e. The molecule has 1 amide bonds. The van der Waals surface area contributed by atoms with E-state index in [9.17, 15) is 4.79 Å². The van der Waals surface area contributed by atoms with E-state index in [1.807, 2.05) is 4.90 Å². The summed E-state index contributed by atoms with van der Waals surface area (Å²) in [5.41, 5.74) is -0.164. The highest BCUT2D eigenvalue weighted by molar-refractivity contribution is 5.82. The Morgan fingerprint density at radius 1 is 1.12 bits per heavy atom. The summed E-state index contributed by atoms with van der Waals surface area (Å²) in [6, 6.07) is 0. The Kier molecular flexibility index (Phi) is 3.82. The number of nitrogens with one attached hydrogen (secondary N) is 2. The molecule has 1 atom stereocenters. The molecular formula is C12H23N3O. The summed E-state index contributed by atoms with van der Waals surface area (Å²) < 4.78 is 0. The number of hydrogen-bond acceptors (Lipinski definition) is 3. The van der Waals surface area contributed by atoms with E-state index in [0.717, 1.165) is 58.5 Å². The molecule has 0 aromatic carbocycles. The van der Waals surface area contributed by atoms with E-state index in [0.29, 0.717) is 5.91 Å². The van der Waals surface area contributed by atoms with Crippen molar-refractivity contribution >= 4 is 5.91 Å². The Bertz CT molecular complexity index is 241. The van der Waals surface area contributed by atoms with Crippen LogP contribution in [-0.4, -0.2) is 50.1 Å². The fourth-order valence-electron chi connectivity index (χ4n) is 2.67. The summed E-state index contributed by atoms with van der Waals surface area (Å²) >= 11 is 0. The Balaban J connectivity index is 1.98. The molecule has 92 valence electrons. The van der Waals surface area contributed by atoms with Crippen molar-refractivity contribution in [2.24, 2.45) is 5.41 Å². The van der Waals surface area contributed by atoms with Gasteiger partial charge in [-0.05, 0) is 39.3 Å². The van der Waals surface area contributed by atoms with Gasteiger partial charge in [0.05, 0.1) is 5.41 Å². The van der Waals surface area contributed by atoms with Gasteiger partial charge >= 0.3 is 0 Å². The second-order valence-electron chi connectivity index (χ2n) is 5.24. The van der Waals surface area contributed by atoms with Crippen LogP contribution < -0.4 is 10.6 Å². The topological polar surface area (TPSA) is 44.4 Å². The molecule has 4 nitrogen and oxygen atoms in total. The largest absolute Gasteiger partial charge is 0.341 e. The third kappa shape index (κ3) is 2.55. The number of carbonyl (C=O) groups excluding carboxylic acids is 1. The maximum atomic E-state index is 12.5. The molecule has 16 heavy (non-hydrogen) atoms. The van der Waals surface area contributed by atoms with Crippen LogP contribution in [-0.2, 0) is 4.79 Å². The zero-order valence-corrected chi connectivity index (χ0v) is 10.2. The predicted octanol–water partition coefficient (Wildman–Crippen LogP) is 0.198. The average molecular weight is 225 g/mol. The summed E-state index contributed by atoms with van der Waals surface area (Å²) in [5.74, 6) is 0.350. The van der Waals surface area contributed by atoms with Gasteiger partial charge < -0.3 is 15.5 Å². The number of hydrogen-bond donors (Lipinski definition) is 2. The second kappa shape index (κ2) is 5.15. The van der Waals surface area contributed by atoms with Crippen molar-refractivity contribution in [3.63, 3.8) is 0 Å². The lowest BCUT2D eigenvalue weighted by Crippen LogP contribution is -2.51. The van der Waals surface area contributed by atoms with E-state index in [-0.39, 0.29) is 5.41 Å². The van der Waals surface area contributed by atoms with Crippen molar-refractivity contribution in [1.82, 2.24) is 15.5 Å². The quantitative estimate of drug-likeness (QED) is 0.670. The lowest BCUT2D eigenvalue weighted by Gasteiger charge is -2.37. The predicted molar refractivity (Wildman–Crippen MR) is 64.3 cm³/mol. The molecule has 0 aromatic heterocycles. The molecule has 0 aliphatic carbocycles. The molecule has 2 rings (SSSR count). The van der Waals surface area contributed by atoms with Crippen LogP contribution in [0.4, 0.5) is 0 Å². The maximum absolute atomic E-state index is 12.5. The smallest absolute Gasteiger partial charge is 0.229 e. The molecule has 2 N–H and O–H groups in total. The van der Waals surface area contributed by atoms with Crippen molar-refractivity contribution in [3.8, 4) is 0 Å². The highest BCUT2D eigenvalue weighted by Crippen LogP contribution is 2.28. The van der Waals surface area contributed by atoms with Crippen molar-refractivity contribution in [2.75, 3.05) is 39.3 Å². The van der Waals surface area contributed by atoms with Gasteiger partial charge in [-0.3, -0.25) is 4.79 Å². The normalized spacial score (nSPS) is 32.2. The number of amides is 1. The minimum absolute atomic E-state index is 0.164. The van der Waals surface area contributed by atoms with Crippen LogP contribution in [0.5, 0.6) is 0 Å². The van der Waals surface area contributed by atoms with Crippen molar-refractivity contribution in [3.05, 3.63) is 0 Å². The summed E-state index contributed by atoms with van der Waals surface area (Å²) in [5, 5.41) is 6.69. The van der Waals surface area contributed by atoms with Gasteiger partial charge in [-0.2, -0.15) is 0 Å². The van der Waals surface area contributed by atoms with Gasteiger partial charge in [0.2, 0.25) is 5.91 Å². The van der Waals surface area contributed by atoms with Gasteiger partial charge in [0, 0.05) is 26.2 Å². The monoisotopic (exact) mass is 225 g/mol. The van der Waals surface area contributed by atoms with Crippen LogP contribution in [0.25, 0.3) is 0 Å². The molecule has 2 fully saturated rings. The molecule has 2 saturated heterocycles. The van der Waals surface area contributed by atoms with Gasteiger partial charge in [0.1, 0.15) is 0 Å². The van der Waals surface area contributed by atoms with Crippen LogP contribution in [0.1, 0.15) is 26.2 Å². The van der Waals surface area contributed by atoms with Gasteiger partial charge in [-0.25, -0.2) is 0 Å². The fraction of sp³-hybridized carbons (Fsp3) is 0.917. The van der Waals surface area contributed by atoms with E-state index in [1.165, 1.54) is 0 Å². The molecule has 0 bridgehead atoms. The van der Waals surface area contributed by atoms with Crippen LogP contribution in [0.3, 0.4) is 0 Å². The van der Waals surface area contributed by atoms with Crippen molar-refractivity contribution in [2.45, 2.75) is 26.2 Å². The lowest BCUT2D eigenvalue weighted by atomic mass is 9.81. The van der Waals surface area contributed by atoms with Gasteiger partial charge in [0.15, 0.2) is 0 Å². The van der Waals surface area contributed by atoms with E-state index >= 15 is 0 Å². The Morgan fingerprint density at radius 2 is 1.94 bits per heavy atom. The third-order valence-corrected chi connectivity index (χ3v) is 3.74. The number of carbonyl (C=O) groups is 1. The third-order valence-electron chi connectivity index (χ3n) is 3.74. The number of rotatable bonds is 1. The lowest BCUT2D eigenvalue weighted by molar-refractivity contribution is -0.142.